The molecule has 0 aliphatic heterocycles. The number of hydrogen-bond donors (Lipinski definition) is 2. The third-order valence-electron chi connectivity index (χ3n) is 4.20. The van der Waals surface area contributed by atoms with Crippen LogP contribution in [0.2, 0.25) is 0 Å². The average molecular weight is 362 g/mol. The number of aryl methyl sites for hydroxylation is 1. The predicted molar refractivity (Wildman–Crippen MR) is 118 cm³/mol. The fraction of sp³-hybridized carbons (Fsp3) is 0.167. The molecular formula is C24H27NS. The fourth-order valence-electron chi connectivity index (χ4n) is 2.74. The number of thiol groups is 1. The van der Waals surface area contributed by atoms with Gasteiger partial charge in [0, 0.05) is 17.6 Å². The van der Waals surface area contributed by atoms with Crippen molar-refractivity contribution in [2.45, 2.75) is 24.7 Å². The van der Waals surface area contributed by atoms with Crippen LogP contribution in [0.25, 0.3) is 6.08 Å². The third-order valence-corrected chi connectivity index (χ3v) is 4.48. The molecule has 0 aliphatic carbocycles. The average Bonchev–Trinajstić information content (AvgIpc) is 2.69. The normalized spacial score (nSPS) is 9.81. The Morgan fingerprint density at radius 1 is 0.923 bits per heavy atom. The van der Waals surface area contributed by atoms with Crippen molar-refractivity contribution in [2.24, 2.45) is 0 Å². The summed E-state index contributed by atoms with van der Waals surface area (Å²) in [5.41, 5.74) is 6.45. The van der Waals surface area contributed by atoms with Crippen LogP contribution in [0.5, 0.6) is 0 Å². The van der Waals surface area contributed by atoms with E-state index in [2.05, 4.69) is 80.0 Å². The summed E-state index contributed by atoms with van der Waals surface area (Å²) >= 11 is 4.17. The summed E-state index contributed by atoms with van der Waals surface area (Å²) < 4.78 is 0. The Balaban J connectivity index is 0.000000228. The summed E-state index contributed by atoms with van der Waals surface area (Å²) in [4.78, 5) is 0.988. The molecule has 134 valence electrons. The summed E-state index contributed by atoms with van der Waals surface area (Å²) in [7, 11) is 1.89. The first-order valence-corrected chi connectivity index (χ1v) is 9.36. The lowest BCUT2D eigenvalue weighted by molar-refractivity contribution is 1.11. The van der Waals surface area contributed by atoms with E-state index < -0.39 is 0 Å². The number of benzene rings is 3. The van der Waals surface area contributed by atoms with Gasteiger partial charge in [-0.2, -0.15) is 0 Å². The number of rotatable bonds is 5. The van der Waals surface area contributed by atoms with Crippen molar-refractivity contribution in [1.82, 2.24) is 0 Å². The summed E-state index contributed by atoms with van der Waals surface area (Å²) in [6.07, 6.45) is 4.01. The van der Waals surface area contributed by atoms with Gasteiger partial charge in [0.25, 0.3) is 0 Å². The number of anilines is 1. The number of hydrogen-bond acceptors (Lipinski definition) is 2. The van der Waals surface area contributed by atoms with Crippen LogP contribution in [0.1, 0.15) is 29.2 Å². The van der Waals surface area contributed by atoms with E-state index in [1.54, 1.807) is 0 Å². The SMILES string of the molecule is C=Cc1ccccc1Cc1cccc(CC)c1.CNc1cccc(S)c1. The minimum absolute atomic E-state index is 0.982. The van der Waals surface area contributed by atoms with Gasteiger partial charge in [-0.3, -0.25) is 0 Å². The Labute approximate surface area is 163 Å². The molecule has 1 N–H and O–H groups in total. The van der Waals surface area contributed by atoms with Crippen LogP contribution in [0, 0.1) is 0 Å². The summed E-state index contributed by atoms with van der Waals surface area (Å²) in [5, 5.41) is 3.02. The molecule has 3 aromatic carbocycles. The Kier molecular flexibility index (Phi) is 8.04. The summed E-state index contributed by atoms with van der Waals surface area (Å²) in [6, 6.07) is 25.1. The molecule has 0 unspecified atom stereocenters. The van der Waals surface area contributed by atoms with E-state index in [0.29, 0.717) is 0 Å². The zero-order chi connectivity index (χ0) is 18.8. The highest BCUT2D eigenvalue weighted by molar-refractivity contribution is 7.80. The van der Waals surface area contributed by atoms with Gasteiger partial charge >= 0.3 is 0 Å². The Morgan fingerprint density at radius 3 is 2.31 bits per heavy atom. The fourth-order valence-corrected chi connectivity index (χ4v) is 2.96. The second-order valence-electron chi connectivity index (χ2n) is 6.05. The summed E-state index contributed by atoms with van der Waals surface area (Å²) in [6.45, 7) is 6.06. The molecule has 1 nitrogen and oxygen atoms in total. The van der Waals surface area contributed by atoms with Gasteiger partial charge in [-0.15, -0.1) is 12.6 Å². The van der Waals surface area contributed by atoms with Crippen LogP contribution in [-0.2, 0) is 12.8 Å². The van der Waals surface area contributed by atoms with Gasteiger partial charge in [-0.25, -0.2) is 0 Å². The quantitative estimate of drug-likeness (QED) is 0.494. The Morgan fingerprint density at radius 2 is 1.65 bits per heavy atom. The smallest absolute Gasteiger partial charge is 0.0348 e. The van der Waals surface area contributed by atoms with E-state index in [4.69, 9.17) is 0 Å². The number of nitrogens with one attached hydrogen (secondary N) is 1. The molecule has 3 rings (SSSR count). The highest BCUT2D eigenvalue weighted by atomic mass is 32.1. The van der Waals surface area contributed by atoms with E-state index >= 15 is 0 Å². The summed E-state index contributed by atoms with van der Waals surface area (Å²) in [5.74, 6) is 0. The van der Waals surface area contributed by atoms with Gasteiger partial charge in [0.2, 0.25) is 0 Å². The van der Waals surface area contributed by atoms with Crippen molar-refractivity contribution in [3.63, 3.8) is 0 Å². The molecule has 26 heavy (non-hydrogen) atoms. The van der Waals surface area contributed by atoms with E-state index in [0.717, 1.165) is 23.4 Å². The van der Waals surface area contributed by atoms with Crippen LogP contribution >= 0.6 is 12.6 Å². The second kappa shape index (κ2) is 10.5. The minimum Gasteiger partial charge on any atom is -0.388 e. The van der Waals surface area contributed by atoms with Crippen LogP contribution in [0.15, 0.2) is 84.3 Å². The van der Waals surface area contributed by atoms with Gasteiger partial charge < -0.3 is 5.32 Å². The molecule has 0 aromatic heterocycles. The molecule has 0 atom stereocenters. The van der Waals surface area contributed by atoms with Crippen molar-refractivity contribution in [1.29, 1.82) is 0 Å². The molecule has 0 saturated carbocycles. The zero-order valence-corrected chi connectivity index (χ0v) is 16.5. The van der Waals surface area contributed by atoms with Crippen molar-refractivity contribution in [3.05, 3.63) is 102 Å². The first-order valence-electron chi connectivity index (χ1n) is 8.91. The van der Waals surface area contributed by atoms with Crippen LogP contribution in [-0.4, -0.2) is 7.05 Å². The van der Waals surface area contributed by atoms with E-state index in [1.807, 2.05) is 37.4 Å². The van der Waals surface area contributed by atoms with Crippen molar-refractivity contribution < 1.29 is 0 Å². The predicted octanol–water partition coefficient (Wildman–Crippen LogP) is 6.50. The largest absolute Gasteiger partial charge is 0.388 e. The molecule has 0 amide bonds. The van der Waals surface area contributed by atoms with Crippen molar-refractivity contribution in [2.75, 3.05) is 12.4 Å². The molecule has 0 fully saturated rings. The molecule has 0 aliphatic rings. The van der Waals surface area contributed by atoms with Gasteiger partial charge in [0.05, 0.1) is 0 Å². The van der Waals surface area contributed by atoms with Gasteiger partial charge in [0.1, 0.15) is 0 Å². The molecule has 0 heterocycles. The lowest BCUT2D eigenvalue weighted by Gasteiger charge is -2.07. The van der Waals surface area contributed by atoms with Gasteiger partial charge in [0.15, 0.2) is 0 Å². The van der Waals surface area contributed by atoms with Crippen LogP contribution in [0.4, 0.5) is 5.69 Å². The molecule has 0 spiro atoms. The van der Waals surface area contributed by atoms with E-state index in [-0.39, 0.29) is 0 Å². The molecule has 0 saturated heterocycles. The zero-order valence-electron chi connectivity index (χ0n) is 15.6. The maximum atomic E-state index is 4.17. The molecule has 0 bridgehead atoms. The standard InChI is InChI=1S/C17H18.C7H9NS/c1-3-14-8-7-9-15(12-14)13-17-11-6-5-10-16(17)4-2;1-8-6-3-2-4-7(9)5-6/h4-12H,2-3,13H2,1H3;2-5,8-9H,1H3. The topological polar surface area (TPSA) is 12.0 Å². The highest BCUT2D eigenvalue weighted by Crippen LogP contribution is 2.16. The van der Waals surface area contributed by atoms with E-state index in [9.17, 15) is 0 Å². The monoisotopic (exact) mass is 361 g/mol. The first-order chi connectivity index (χ1) is 12.7. The third kappa shape index (κ3) is 6.12. The molecule has 2 heteroatoms. The van der Waals surface area contributed by atoms with Crippen molar-refractivity contribution in [3.8, 4) is 0 Å². The first kappa shape index (κ1) is 19.9. The molecule has 3 aromatic rings. The lowest BCUT2D eigenvalue weighted by atomic mass is 9.98. The van der Waals surface area contributed by atoms with Crippen LogP contribution < -0.4 is 5.32 Å². The van der Waals surface area contributed by atoms with Crippen LogP contribution in [0.3, 0.4) is 0 Å². The van der Waals surface area contributed by atoms with Gasteiger partial charge in [-0.1, -0.05) is 74.2 Å². The maximum absolute atomic E-state index is 4.17. The van der Waals surface area contributed by atoms with Gasteiger partial charge in [-0.05, 0) is 53.3 Å². The molecule has 0 radical (unpaired) electrons. The minimum atomic E-state index is 0.982. The van der Waals surface area contributed by atoms with Crippen molar-refractivity contribution >= 4 is 24.4 Å². The Hall–Kier alpha value is -2.45. The second-order valence-corrected chi connectivity index (χ2v) is 6.57. The maximum Gasteiger partial charge on any atom is 0.0348 e. The highest BCUT2D eigenvalue weighted by Gasteiger charge is 2.01. The van der Waals surface area contributed by atoms with E-state index in [1.165, 1.54) is 22.3 Å². The Bertz CT molecular complexity index is 839. The molecular weight excluding hydrogens is 334 g/mol. The lowest BCUT2D eigenvalue weighted by Crippen LogP contribution is -1.92.